The van der Waals surface area contributed by atoms with E-state index in [1.54, 1.807) is 31.4 Å². The normalized spacial score (nSPS) is 9.70. The van der Waals surface area contributed by atoms with Crippen molar-refractivity contribution in [3.05, 3.63) is 29.8 Å². The van der Waals surface area contributed by atoms with Gasteiger partial charge in [-0.1, -0.05) is 0 Å². The molecule has 0 spiro atoms. The van der Waals surface area contributed by atoms with Crippen molar-refractivity contribution in [1.82, 2.24) is 5.32 Å². The summed E-state index contributed by atoms with van der Waals surface area (Å²) in [6.45, 7) is 2.47. The molecule has 0 heterocycles. The number of hydrogen-bond donors (Lipinski definition) is 2. The van der Waals surface area contributed by atoms with Gasteiger partial charge in [-0.25, -0.2) is 0 Å². The molecular weight excluding hydrogens is 280 g/mol. The standard InChI is InChI=1S/C14H22N2O3.ClH/c1-18-10-3-11-19-13-6-4-12(5-7-13)14(17)16-9-2-8-15;/h4-7H,2-3,8-11,15H2,1H3,(H,16,17);1H. The van der Waals surface area contributed by atoms with E-state index < -0.39 is 0 Å². The number of nitrogens with two attached hydrogens (primary N) is 1. The zero-order valence-corrected chi connectivity index (χ0v) is 12.6. The van der Waals surface area contributed by atoms with Crippen LogP contribution in [0.3, 0.4) is 0 Å². The van der Waals surface area contributed by atoms with Crippen molar-refractivity contribution in [2.24, 2.45) is 5.73 Å². The average molecular weight is 303 g/mol. The minimum absolute atomic E-state index is 0. The fourth-order valence-corrected chi connectivity index (χ4v) is 1.50. The van der Waals surface area contributed by atoms with Gasteiger partial charge in [-0.3, -0.25) is 4.79 Å². The van der Waals surface area contributed by atoms with Gasteiger partial charge in [0.25, 0.3) is 5.91 Å². The Morgan fingerprint density at radius 2 is 1.90 bits per heavy atom. The molecule has 0 aromatic heterocycles. The molecule has 3 N–H and O–H groups in total. The van der Waals surface area contributed by atoms with Gasteiger partial charge in [0.2, 0.25) is 0 Å². The highest BCUT2D eigenvalue weighted by Crippen LogP contribution is 2.12. The fourth-order valence-electron chi connectivity index (χ4n) is 1.50. The van der Waals surface area contributed by atoms with E-state index in [0.29, 0.717) is 31.9 Å². The van der Waals surface area contributed by atoms with E-state index in [0.717, 1.165) is 18.6 Å². The summed E-state index contributed by atoms with van der Waals surface area (Å²) in [5.74, 6) is 0.675. The Bertz CT molecular complexity index is 371. The van der Waals surface area contributed by atoms with E-state index in [9.17, 15) is 4.79 Å². The first-order chi connectivity index (χ1) is 9.27. The Hall–Kier alpha value is -1.30. The lowest BCUT2D eigenvalue weighted by Crippen LogP contribution is -2.25. The highest BCUT2D eigenvalue weighted by molar-refractivity contribution is 5.94. The van der Waals surface area contributed by atoms with Crippen molar-refractivity contribution in [3.8, 4) is 5.75 Å². The summed E-state index contributed by atoms with van der Waals surface area (Å²) in [5.41, 5.74) is 5.99. The second-order valence-electron chi connectivity index (χ2n) is 4.12. The van der Waals surface area contributed by atoms with Gasteiger partial charge in [0, 0.05) is 32.2 Å². The van der Waals surface area contributed by atoms with E-state index in [-0.39, 0.29) is 18.3 Å². The summed E-state index contributed by atoms with van der Waals surface area (Å²) >= 11 is 0. The number of rotatable bonds is 9. The molecule has 6 heteroatoms. The number of carbonyl (C=O) groups is 1. The largest absolute Gasteiger partial charge is 0.494 e. The molecule has 0 aliphatic carbocycles. The van der Waals surface area contributed by atoms with Crippen molar-refractivity contribution in [2.75, 3.05) is 33.4 Å². The van der Waals surface area contributed by atoms with E-state index in [1.807, 2.05) is 0 Å². The van der Waals surface area contributed by atoms with Crippen LogP contribution in [-0.2, 0) is 4.74 Å². The molecule has 20 heavy (non-hydrogen) atoms. The minimum Gasteiger partial charge on any atom is -0.494 e. The fraction of sp³-hybridized carbons (Fsp3) is 0.500. The maximum atomic E-state index is 11.7. The third-order valence-electron chi connectivity index (χ3n) is 2.54. The lowest BCUT2D eigenvalue weighted by atomic mass is 10.2. The first-order valence-electron chi connectivity index (χ1n) is 6.48. The number of halogens is 1. The molecule has 0 saturated heterocycles. The van der Waals surface area contributed by atoms with Crippen LogP contribution < -0.4 is 15.8 Å². The van der Waals surface area contributed by atoms with E-state index >= 15 is 0 Å². The number of benzene rings is 1. The molecule has 0 bridgehead atoms. The second-order valence-corrected chi connectivity index (χ2v) is 4.12. The van der Waals surface area contributed by atoms with Crippen molar-refractivity contribution in [3.63, 3.8) is 0 Å². The van der Waals surface area contributed by atoms with Gasteiger partial charge in [-0.2, -0.15) is 0 Å². The van der Waals surface area contributed by atoms with Crippen LogP contribution >= 0.6 is 12.4 Å². The van der Waals surface area contributed by atoms with Crippen LogP contribution in [0.2, 0.25) is 0 Å². The molecule has 0 atom stereocenters. The Balaban J connectivity index is 0.00000361. The molecular formula is C14H23ClN2O3. The molecule has 0 aliphatic rings. The topological polar surface area (TPSA) is 73.6 Å². The van der Waals surface area contributed by atoms with Gasteiger partial charge >= 0.3 is 0 Å². The van der Waals surface area contributed by atoms with Crippen LogP contribution in [0.1, 0.15) is 23.2 Å². The number of ether oxygens (including phenoxy) is 2. The van der Waals surface area contributed by atoms with Crippen molar-refractivity contribution < 1.29 is 14.3 Å². The number of carbonyl (C=O) groups excluding carboxylic acids is 1. The van der Waals surface area contributed by atoms with Gasteiger partial charge in [0.15, 0.2) is 0 Å². The predicted molar refractivity (Wildman–Crippen MR) is 81.7 cm³/mol. The van der Waals surface area contributed by atoms with Crippen LogP contribution in [0.15, 0.2) is 24.3 Å². The average Bonchev–Trinajstić information content (AvgIpc) is 2.44. The molecule has 1 amide bonds. The van der Waals surface area contributed by atoms with E-state index in [2.05, 4.69) is 5.32 Å². The summed E-state index contributed by atoms with van der Waals surface area (Å²) in [5, 5.41) is 2.80. The van der Waals surface area contributed by atoms with Gasteiger partial charge in [0.05, 0.1) is 6.61 Å². The third kappa shape index (κ3) is 7.33. The lowest BCUT2D eigenvalue weighted by molar-refractivity contribution is 0.0953. The zero-order chi connectivity index (χ0) is 13.9. The first kappa shape index (κ1) is 18.7. The smallest absolute Gasteiger partial charge is 0.251 e. The molecule has 0 unspecified atom stereocenters. The minimum atomic E-state index is -0.0839. The molecule has 1 aromatic carbocycles. The van der Waals surface area contributed by atoms with Gasteiger partial charge in [0.1, 0.15) is 5.75 Å². The summed E-state index contributed by atoms with van der Waals surface area (Å²) < 4.78 is 10.4. The molecule has 5 nitrogen and oxygen atoms in total. The highest BCUT2D eigenvalue weighted by atomic mass is 35.5. The quantitative estimate of drug-likeness (QED) is 0.680. The second kappa shape index (κ2) is 11.5. The maximum Gasteiger partial charge on any atom is 0.251 e. The van der Waals surface area contributed by atoms with Crippen molar-refractivity contribution >= 4 is 18.3 Å². The van der Waals surface area contributed by atoms with Crippen LogP contribution in [0.25, 0.3) is 0 Å². The lowest BCUT2D eigenvalue weighted by Gasteiger charge is -2.07. The Morgan fingerprint density at radius 3 is 2.50 bits per heavy atom. The van der Waals surface area contributed by atoms with Crippen LogP contribution in [-0.4, -0.2) is 39.3 Å². The monoisotopic (exact) mass is 302 g/mol. The van der Waals surface area contributed by atoms with Crippen molar-refractivity contribution in [2.45, 2.75) is 12.8 Å². The first-order valence-corrected chi connectivity index (χ1v) is 6.48. The van der Waals surface area contributed by atoms with Crippen LogP contribution in [0.5, 0.6) is 5.75 Å². The zero-order valence-electron chi connectivity index (χ0n) is 11.8. The molecule has 0 aliphatic heterocycles. The molecule has 0 saturated carbocycles. The van der Waals surface area contributed by atoms with Crippen LogP contribution in [0, 0.1) is 0 Å². The maximum absolute atomic E-state index is 11.7. The molecule has 0 fully saturated rings. The number of methoxy groups -OCH3 is 1. The summed E-state index contributed by atoms with van der Waals surface area (Å²) in [6, 6.07) is 7.10. The molecule has 114 valence electrons. The Morgan fingerprint density at radius 1 is 1.20 bits per heavy atom. The summed E-state index contributed by atoms with van der Waals surface area (Å²) in [4.78, 5) is 11.7. The van der Waals surface area contributed by atoms with Crippen LogP contribution in [0.4, 0.5) is 0 Å². The molecule has 1 rings (SSSR count). The Kier molecular flexibility index (Phi) is 10.8. The van der Waals surface area contributed by atoms with E-state index in [4.69, 9.17) is 15.2 Å². The Labute approximate surface area is 126 Å². The predicted octanol–water partition coefficient (Wildman–Crippen LogP) is 1.60. The number of nitrogens with one attached hydrogen (secondary N) is 1. The van der Waals surface area contributed by atoms with Gasteiger partial charge < -0.3 is 20.5 Å². The number of hydrogen-bond acceptors (Lipinski definition) is 4. The SMILES string of the molecule is COCCCOc1ccc(C(=O)NCCCN)cc1.Cl. The van der Waals surface area contributed by atoms with E-state index in [1.165, 1.54) is 0 Å². The molecule has 0 radical (unpaired) electrons. The van der Waals surface area contributed by atoms with Crippen molar-refractivity contribution in [1.29, 1.82) is 0 Å². The number of amides is 1. The van der Waals surface area contributed by atoms with Gasteiger partial charge in [-0.05, 0) is 37.2 Å². The molecule has 1 aromatic rings. The summed E-state index contributed by atoms with van der Waals surface area (Å²) in [6.07, 6.45) is 1.63. The highest BCUT2D eigenvalue weighted by Gasteiger charge is 2.04. The summed E-state index contributed by atoms with van der Waals surface area (Å²) in [7, 11) is 1.66. The van der Waals surface area contributed by atoms with Gasteiger partial charge in [-0.15, -0.1) is 12.4 Å². The third-order valence-corrected chi connectivity index (χ3v) is 2.54.